The summed E-state index contributed by atoms with van der Waals surface area (Å²) in [5.41, 5.74) is 1.81. The first-order valence-corrected chi connectivity index (χ1v) is 6.58. The number of hydrogen-bond donors (Lipinski definition) is 1. The molecule has 0 radical (unpaired) electrons. The Labute approximate surface area is 125 Å². The lowest BCUT2D eigenvalue weighted by atomic mass is 10.2. The van der Waals surface area contributed by atoms with Gasteiger partial charge in [-0.1, -0.05) is 23.7 Å². The number of carbonyl (C=O) groups excluding carboxylic acids is 1. The number of hydrogen-bond acceptors (Lipinski definition) is 5. The molecular formula is C14H10ClN5O. The summed E-state index contributed by atoms with van der Waals surface area (Å²) >= 11 is 6.07. The second kappa shape index (κ2) is 5.80. The fraction of sp³-hybridized carbons (Fsp3) is 0.0714. The number of carbonyl (C=O) groups is 1. The minimum absolute atomic E-state index is 0.00885. The number of nitrogens with one attached hydrogen (secondary N) is 1. The topological polar surface area (TPSA) is 80.7 Å². The normalized spacial score (nSPS) is 10.5. The molecule has 2 aromatic heterocycles. The molecule has 104 valence electrons. The number of amides is 1. The Morgan fingerprint density at radius 2 is 1.71 bits per heavy atom. The van der Waals surface area contributed by atoms with Crippen molar-refractivity contribution in [3.63, 3.8) is 0 Å². The molecule has 1 N–H and O–H groups in total. The highest BCUT2D eigenvalue weighted by atomic mass is 35.5. The van der Waals surface area contributed by atoms with Gasteiger partial charge in [0.15, 0.2) is 5.15 Å². The van der Waals surface area contributed by atoms with Gasteiger partial charge < -0.3 is 0 Å². The standard InChI is InChI=1S/C14H10ClN5O/c15-13-11(18-9-4-1-2-5-10(9)19-13)8-12(21)20-14-16-6-3-7-17-14/h1-7H,8H2,(H,16,17,20,21). The maximum absolute atomic E-state index is 12.0. The maximum Gasteiger partial charge on any atom is 0.232 e. The number of fused-ring (bicyclic) bond motifs is 1. The summed E-state index contributed by atoms with van der Waals surface area (Å²) < 4.78 is 0. The van der Waals surface area contributed by atoms with Crippen molar-refractivity contribution in [2.45, 2.75) is 6.42 Å². The first-order chi connectivity index (χ1) is 10.2. The van der Waals surface area contributed by atoms with Crippen molar-refractivity contribution >= 4 is 34.5 Å². The molecule has 3 rings (SSSR count). The van der Waals surface area contributed by atoms with E-state index < -0.39 is 0 Å². The van der Waals surface area contributed by atoms with Crippen LogP contribution in [0.25, 0.3) is 11.0 Å². The van der Waals surface area contributed by atoms with Gasteiger partial charge in [0.25, 0.3) is 0 Å². The van der Waals surface area contributed by atoms with Crippen molar-refractivity contribution in [2.24, 2.45) is 0 Å². The van der Waals surface area contributed by atoms with Gasteiger partial charge in [-0.3, -0.25) is 10.1 Å². The highest BCUT2D eigenvalue weighted by Crippen LogP contribution is 2.17. The molecule has 0 fully saturated rings. The molecule has 0 unspecified atom stereocenters. The van der Waals surface area contributed by atoms with Crippen LogP contribution >= 0.6 is 11.6 Å². The van der Waals surface area contributed by atoms with E-state index in [1.807, 2.05) is 24.3 Å². The monoisotopic (exact) mass is 299 g/mol. The number of aromatic nitrogens is 4. The number of benzene rings is 1. The zero-order valence-electron chi connectivity index (χ0n) is 10.8. The molecule has 3 aromatic rings. The minimum Gasteiger partial charge on any atom is -0.294 e. The predicted octanol–water partition coefficient (Wildman–Crippen LogP) is 2.25. The molecule has 0 saturated carbocycles. The Kier molecular flexibility index (Phi) is 3.70. The maximum atomic E-state index is 12.0. The van der Waals surface area contributed by atoms with E-state index in [9.17, 15) is 4.79 Å². The van der Waals surface area contributed by atoms with Gasteiger partial charge >= 0.3 is 0 Å². The van der Waals surface area contributed by atoms with Crippen molar-refractivity contribution in [3.8, 4) is 0 Å². The molecule has 0 bridgehead atoms. The molecule has 0 saturated heterocycles. The van der Waals surface area contributed by atoms with Crippen molar-refractivity contribution in [3.05, 3.63) is 53.6 Å². The Bertz CT molecular complexity index is 794. The molecule has 6 nitrogen and oxygen atoms in total. The van der Waals surface area contributed by atoms with E-state index in [2.05, 4.69) is 25.3 Å². The zero-order valence-corrected chi connectivity index (χ0v) is 11.6. The van der Waals surface area contributed by atoms with Gasteiger partial charge in [0, 0.05) is 12.4 Å². The molecule has 1 aromatic carbocycles. The van der Waals surface area contributed by atoms with E-state index >= 15 is 0 Å². The minimum atomic E-state index is -0.298. The molecule has 2 heterocycles. The molecule has 0 aliphatic carbocycles. The first-order valence-electron chi connectivity index (χ1n) is 6.20. The molecule has 0 aliphatic rings. The van der Waals surface area contributed by atoms with E-state index in [0.717, 1.165) is 0 Å². The summed E-state index contributed by atoms with van der Waals surface area (Å²) in [6, 6.07) is 9.01. The first kappa shape index (κ1) is 13.4. The molecule has 21 heavy (non-hydrogen) atoms. The van der Waals surface area contributed by atoms with Gasteiger partial charge in [-0.15, -0.1) is 0 Å². The second-order valence-corrected chi connectivity index (χ2v) is 4.61. The zero-order chi connectivity index (χ0) is 14.7. The number of anilines is 1. The molecule has 1 amide bonds. The average molecular weight is 300 g/mol. The lowest BCUT2D eigenvalue weighted by Crippen LogP contribution is -2.17. The van der Waals surface area contributed by atoms with E-state index in [-0.39, 0.29) is 23.4 Å². The Morgan fingerprint density at radius 3 is 2.43 bits per heavy atom. The molecule has 0 atom stereocenters. The lowest BCUT2D eigenvalue weighted by Gasteiger charge is -2.05. The van der Waals surface area contributed by atoms with Gasteiger partial charge in [-0.25, -0.2) is 19.9 Å². The van der Waals surface area contributed by atoms with Crippen molar-refractivity contribution in [1.82, 2.24) is 19.9 Å². The smallest absolute Gasteiger partial charge is 0.232 e. The molecule has 0 aliphatic heterocycles. The number of rotatable bonds is 3. The van der Waals surface area contributed by atoms with Crippen LogP contribution in [0.1, 0.15) is 5.69 Å². The van der Waals surface area contributed by atoms with Gasteiger partial charge in [0.2, 0.25) is 11.9 Å². The lowest BCUT2D eigenvalue weighted by molar-refractivity contribution is -0.115. The second-order valence-electron chi connectivity index (χ2n) is 4.25. The fourth-order valence-electron chi connectivity index (χ4n) is 1.81. The third-order valence-electron chi connectivity index (χ3n) is 2.74. The van der Waals surface area contributed by atoms with E-state index in [0.29, 0.717) is 16.7 Å². The summed E-state index contributed by atoms with van der Waals surface area (Å²) in [6.45, 7) is 0. The van der Waals surface area contributed by atoms with E-state index in [4.69, 9.17) is 11.6 Å². The fourth-order valence-corrected chi connectivity index (χ4v) is 2.01. The van der Waals surface area contributed by atoms with Crippen molar-refractivity contribution < 1.29 is 4.79 Å². The molecule has 0 spiro atoms. The predicted molar refractivity (Wildman–Crippen MR) is 78.9 cm³/mol. The highest BCUT2D eigenvalue weighted by molar-refractivity contribution is 6.30. The summed E-state index contributed by atoms with van der Waals surface area (Å²) in [6.07, 6.45) is 3.10. The third kappa shape index (κ3) is 3.11. The average Bonchev–Trinajstić information content (AvgIpc) is 2.49. The molecular weight excluding hydrogens is 290 g/mol. The van der Waals surface area contributed by atoms with Gasteiger partial charge in [-0.05, 0) is 18.2 Å². The summed E-state index contributed by atoms with van der Waals surface area (Å²) in [5.74, 6) is -0.0555. The van der Waals surface area contributed by atoms with Crippen molar-refractivity contribution in [1.29, 1.82) is 0 Å². The van der Waals surface area contributed by atoms with Gasteiger partial charge in [0.1, 0.15) is 0 Å². The van der Waals surface area contributed by atoms with Crippen LogP contribution in [0.3, 0.4) is 0 Å². The van der Waals surface area contributed by atoms with Crippen LogP contribution in [-0.2, 0) is 11.2 Å². The number of para-hydroxylation sites is 2. The third-order valence-corrected chi connectivity index (χ3v) is 3.04. The van der Waals surface area contributed by atoms with E-state index in [1.54, 1.807) is 18.5 Å². The Balaban J connectivity index is 1.81. The largest absolute Gasteiger partial charge is 0.294 e. The van der Waals surface area contributed by atoms with Crippen molar-refractivity contribution in [2.75, 3.05) is 5.32 Å². The summed E-state index contributed by atoms with van der Waals surface area (Å²) in [5, 5.41) is 2.80. The van der Waals surface area contributed by atoms with Crippen LogP contribution in [0.5, 0.6) is 0 Å². The van der Waals surface area contributed by atoms with Gasteiger partial charge in [0.05, 0.1) is 23.1 Å². The highest BCUT2D eigenvalue weighted by Gasteiger charge is 2.12. The van der Waals surface area contributed by atoms with Crippen LogP contribution in [0.2, 0.25) is 5.15 Å². The number of halogens is 1. The van der Waals surface area contributed by atoms with E-state index in [1.165, 1.54) is 0 Å². The SMILES string of the molecule is O=C(Cc1nc2ccccc2nc1Cl)Nc1ncccn1. The Hall–Kier alpha value is -2.60. The van der Waals surface area contributed by atoms with Crippen LogP contribution in [0.15, 0.2) is 42.7 Å². The molecule has 7 heteroatoms. The summed E-state index contributed by atoms with van der Waals surface area (Å²) in [7, 11) is 0. The van der Waals surface area contributed by atoms with Crippen LogP contribution in [-0.4, -0.2) is 25.8 Å². The quantitative estimate of drug-likeness (QED) is 0.802. The number of nitrogens with zero attached hydrogens (tertiary/aromatic N) is 4. The van der Waals surface area contributed by atoms with Crippen LogP contribution < -0.4 is 5.32 Å². The van der Waals surface area contributed by atoms with Gasteiger partial charge in [-0.2, -0.15) is 0 Å². The summed E-state index contributed by atoms with van der Waals surface area (Å²) in [4.78, 5) is 28.4. The Morgan fingerprint density at radius 1 is 1.05 bits per heavy atom. The van der Waals surface area contributed by atoms with Crippen LogP contribution in [0.4, 0.5) is 5.95 Å². The van der Waals surface area contributed by atoms with Crippen LogP contribution in [0, 0.1) is 0 Å².